The highest BCUT2D eigenvalue weighted by molar-refractivity contribution is 8.00. The zero-order valence-corrected chi connectivity index (χ0v) is 16.0. The zero-order valence-electron chi connectivity index (χ0n) is 14.3. The number of carboxylic acid groups (broad SMARTS) is 1. The summed E-state index contributed by atoms with van der Waals surface area (Å²) in [6, 6.07) is 4.72. The van der Waals surface area contributed by atoms with E-state index < -0.39 is 12.0 Å². The van der Waals surface area contributed by atoms with E-state index in [0.29, 0.717) is 22.0 Å². The molecule has 2 atom stereocenters. The number of nitrogens with zero attached hydrogens (tertiary/aromatic N) is 1. The Balaban J connectivity index is 1.76. The quantitative estimate of drug-likeness (QED) is 0.739. The maximum absolute atomic E-state index is 12.5. The molecule has 1 aliphatic heterocycles. The Morgan fingerprint density at radius 3 is 2.77 bits per heavy atom. The SMILES string of the molecule is Cc1nc(C(C)NC(=O)c2ccc3c(c2)NC(=O)C(C)S3)sc1C(=O)O. The smallest absolute Gasteiger partial charge is 0.347 e. The summed E-state index contributed by atoms with van der Waals surface area (Å²) in [4.78, 5) is 40.8. The van der Waals surface area contributed by atoms with Crippen LogP contribution >= 0.6 is 23.1 Å². The minimum Gasteiger partial charge on any atom is -0.477 e. The first-order valence-electron chi connectivity index (χ1n) is 7.89. The maximum Gasteiger partial charge on any atom is 0.347 e. The molecule has 7 nitrogen and oxygen atoms in total. The number of fused-ring (bicyclic) bond motifs is 1. The Labute approximate surface area is 158 Å². The summed E-state index contributed by atoms with van der Waals surface area (Å²) < 4.78 is 0. The van der Waals surface area contributed by atoms with Gasteiger partial charge in [0.25, 0.3) is 5.91 Å². The maximum atomic E-state index is 12.5. The van der Waals surface area contributed by atoms with Crippen molar-refractivity contribution in [3.63, 3.8) is 0 Å². The van der Waals surface area contributed by atoms with Crippen LogP contribution in [0.4, 0.5) is 5.69 Å². The second-order valence-corrected chi connectivity index (χ2v) is 8.34. The van der Waals surface area contributed by atoms with Crippen molar-refractivity contribution in [3.8, 4) is 0 Å². The molecule has 0 aliphatic carbocycles. The average Bonchev–Trinajstić information content (AvgIpc) is 2.97. The van der Waals surface area contributed by atoms with Crippen LogP contribution in [0.3, 0.4) is 0 Å². The average molecular weight is 391 g/mol. The van der Waals surface area contributed by atoms with Gasteiger partial charge in [-0.15, -0.1) is 23.1 Å². The molecule has 0 spiro atoms. The predicted octanol–water partition coefficient (Wildman–Crippen LogP) is 3.07. The van der Waals surface area contributed by atoms with E-state index in [0.717, 1.165) is 16.2 Å². The molecule has 1 aromatic carbocycles. The number of hydrogen-bond donors (Lipinski definition) is 3. The molecule has 2 unspecified atom stereocenters. The van der Waals surface area contributed by atoms with Crippen LogP contribution in [0.25, 0.3) is 0 Å². The monoisotopic (exact) mass is 391 g/mol. The van der Waals surface area contributed by atoms with E-state index >= 15 is 0 Å². The minimum atomic E-state index is -1.03. The lowest BCUT2D eigenvalue weighted by molar-refractivity contribution is -0.115. The highest BCUT2D eigenvalue weighted by Crippen LogP contribution is 2.36. The number of nitrogens with one attached hydrogen (secondary N) is 2. The standard InChI is InChI=1S/C17H17N3O4S2/c1-7-13(17(23)24)26-16(19-7)8(2)18-15(22)10-4-5-12-11(6-10)20-14(21)9(3)25-12/h4-6,8-9H,1-3H3,(H,18,22)(H,20,21)(H,23,24). The lowest BCUT2D eigenvalue weighted by atomic mass is 10.1. The lowest BCUT2D eigenvalue weighted by Crippen LogP contribution is -2.28. The largest absolute Gasteiger partial charge is 0.477 e. The number of thiazole rings is 1. The summed E-state index contributed by atoms with van der Waals surface area (Å²) >= 11 is 2.50. The van der Waals surface area contributed by atoms with Crippen molar-refractivity contribution < 1.29 is 19.5 Å². The number of aromatic carboxylic acids is 1. The molecule has 0 saturated heterocycles. The van der Waals surface area contributed by atoms with Gasteiger partial charge in [-0.3, -0.25) is 9.59 Å². The van der Waals surface area contributed by atoms with Crippen molar-refractivity contribution in [2.45, 2.75) is 37.0 Å². The van der Waals surface area contributed by atoms with E-state index in [9.17, 15) is 14.4 Å². The van der Waals surface area contributed by atoms with Crippen LogP contribution in [0.2, 0.25) is 0 Å². The van der Waals surface area contributed by atoms with Crippen LogP contribution in [0.15, 0.2) is 23.1 Å². The highest BCUT2D eigenvalue weighted by atomic mass is 32.2. The van der Waals surface area contributed by atoms with Gasteiger partial charge < -0.3 is 15.7 Å². The molecule has 3 N–H and O–H groups in total. The van der Waals surface area contributed by atoms with Crippen LogP contribution in [-0.2, 0) is 4.79 Å². The van der Waals surface area contributed by atoms with Crippen molar-refractivity contribution in [1.29, 1.82) is 0 Å². The normalized spacial score (nSPS) is 17.2. The van der Waals surface area contributed by atoms with Crippen LogP contribution in [-0.4, -0.2) is 33.1 Å². The molecule has 3 rings (SSSR count). The summed E-state index contributed by atoms with van der Waals surface area (Å²) in [5, 5.41) is 15.1. The number of carbonyl (C=O) groups excluding carboxylic acids is 2. The van der Waals surface area contributed by atoms with Crippen molar-refractivity contribution in [3.05, 3.63) is 39.3 Å². The van der Waals surface area contributed by atoms with E-state index in [4.69, 9.17) is 5.11 Å². The molecule has 0 bridgehead atoms. The van der Waals surface area contributed by atoms with Crippen LogP contribution in [0.5, 0.6) is 0 Å². The third-order valence-corrected chi connectivity index (χ3v) is 6.40. The summed E-state index contributed by atoms with van der Waals surface area (Å²) in [7, 11) is 0. The summed E-state index contributed by atoms with van der Waals surface area (Å²) in [5.41, 5.74) is 1.47. The zero-order chi connectivity index (χ0) is 19.0. The van der Waals surface area contributed by atoms with Crippen molar-refractivity contribution in [2.24, 2.45) is 0 Å². The molecule has 136 valence electrons. The van der Waals surface area contributed by atoms with Crippen LogP contribution in [0.1, 0.15) is 50.6 Å². The number of benzene rings is 1. The molecule has 0 fully saturated rings. The van der Waals surface area contributed by atoms with Gasteiger partial charge in [0.1, 0.15) is 9.88 Å². The van der Waals surface area contributed by atoms with Gasteiger partial charge in [0.2, 0.25) is 5.91 Å². The summed E-state index contributed by atoms with van der Waals surface area (Å²) in [6.07, 6.45) is 0. The van der Waals surface area contributed by atoms with Gasteiger partial charge in [-0.1, -0.05) is 0 Å². The fourth-order valence-corrected chi connectivity index (χ4v) is 4.33. The third kappa shape index (κ3) is 3.58. The van der Waals surface area contributed by atoms with Gasteiger partial charge in [0, 0.05) is 10.5 Å². The first-order valence-corrected chi connectivity index (χ1v) is 9.59. The molecule has 0 saturated carbocycles. The van der Waals surface area contributed by atoms with E-state index in [2.05, 4.69) is 15.6 Å². The number of aryl methyl sites for hydroxylation is 1. The van der Waals surface area contributed by atoms with Crippen LogP contribution in [0, 0.1) is 6.92 Å². The topological polar surface area (TPSA) is 108 Å². The highest BCUT2D eigenvalue weighted by Gasteiger charge is 2.24. The third-order valence-electron chi connectivity index (χ3n) is 3.90. The number of aromatic nitrogens is 1. The van der Waals surface area contributed by atoms with E-state index in [1.54, 1.807) is 26.0 Å². The van der Waals surface area contributed by atoms with Crippen molar-refractivity contribution in [1.82, 2.24) is 10.3 Å². The number of carbonyl (C=O) groups is 3. The second-order valence-electron chi connectivity index (χ2n) is 5.93. The first kappa shape index (κ1) is 18.4. The number of anilines is 1. The van der Waals surface area contributed by atoms with Gasteiger partial charge in [0.05, 0.1) is 22.7 Å². The van der Waals surface area contributed by atoms with Gasteiger partial charge in [-0.25, -0.2) is 9.78 Å². The van der Waals surface area contributed by atoms with Crippen molar-refractivity contribution in [2.75, 3.05) is 5.32 Å². The molecule has 26 heavy (non-hydrogen) atoms. The second kappa shape index (κ2) is 7.08. The van der Waals surface area contributed by atoms with Gasteiger partial charge in [-0.05, 0) is 39.0 Å². The molecule has 2 aromatic rings. The molecule has 2 heterocycles. The first-order chi connectivity index (χ1) is 12.3. The fourth-order valence-electron chi connectivity index (χ4n) is 2.49. The summed E-state index contributed by atoms with van der Waals surface area (Å²) in [5.74, 6) is -1.43. The molecule has 9 heteroatoms. The Hall–Kier alpha value is -2.39. The number of carboxylic acids is 1. The summed E-state index contributed by atoms with van der Waals surface area (Å²) in [6.45, 7) is 5.20. The number of amides is 2. The molecular weight excluding hydrogens is 374 g/mol. The van der Waals surface area contributed by atoms with E-state index in [1.165, 1.54) is 11.8 Å². The van der Waals surface area contributed by atoms with Crippen LogP contribution < -0.4 is 10.6 Å². The van der Waals surface area contributed by atoms with Gasteiger partial charge in [0.15, 0.2) is 0 Å². The molecular formula is C17H17N3O4S2. The Bertz CT molecular complexity index is 909. The lowest BCUT2D eigenvalue weighted by Gasteiger charge is -2.22. The predicted molar refractivity (Wildman–Crippen MR) is 100 cm³/mol. The van der Waals surface area contributed by atoms with E-state index in [1.807, 2.05) is 13.0 Å². The molecule has 2 amide bonds. The molecule has 1 aromatic heterocycles. The Kier molecular flexibility index (Phi) is 5.01. The van der Waals surface area contributed by atoms with Crippen molar-refractivity contribution >= 4 is 46.6 Å². The van der Waals surface area contributed by atoms with E-state index in [-0.39, 0.29) is 21.9 Å². The van der Waals surface area contributed by atoms with Gasteiger partial charge >= 0.3 is 5.97 Å². The Morgan fingerprint density at radius 2 is 2.12 bits per heavy atom. The van der Waals surface area contributed by atoms with Gasteiger partial charge in [-0.2, -0.15) is 0 Å². The fraction of sp³-hybridized carbons (Fsp3) is 0.294. The molecule has 0 radical (unpaired) electrons. The minimum absolute atomic E-state index is 0.0899. The number of rotatable bonds is 4. The number of thioether (sulfide) groups is 1. The number of hydrogen-bond acceptors (Lipinski definition) is 6. The molecule has 1 aliphatic rings. The Morgan fingerprint density at radius 1 is 1.38 bits per heavy atom.